The summed E-state index contributed by atoms with van der Waals surface area (Å²) in [4.78, 5) is 1.02. The summed E-state index contributed by atoms with van der Waals surface area (Å²) in [5.74, 6) is 0.314. The van der Waals surface area contributed by atoms with Crippen molar-refractivity contribution in [2.45, 2.75) is 32.2 Å². The summed E-state index contributed by atoms with van der Waals surface area (Å²) in [5, 5.41) is 5.50. The second-order valence-electron chi connectivity index (χ2n) is 4.72. The van der Waals surface area contributed by atoms with Crippen molar-refractivity contribution in [2.24, 2.45) is 5.73 Å². The van der Waals surface area contributed by atoms with Crippen molar-refractivity contribution < 1.29 is 0 Å². The lowest BCUT2D eigenvalue weighted by Gasteiger charge is -2.13. The Hall–Kier alpha value is -0.680. The molecule has 0 fully saturated rings. The van der Waals surface area contributed by atoms with E-state index in [-0.39, 0.29) is 6.04 Å². The molecule has 0 spiro atoms. The Morgan fingerprint density at radius 2 is 2.05 bits per heavy atom. The Bertz CT molecular complexity index is 569. The zero-order valence-corrected chi connectivity index (χ0v) is 13.1. The zero-order valence-electron chi connectivity index (χ0n) is 10.7. The lowest BCUT2D eigenvalue weighted by atomic mass is 10.0. The Kier molecular flexibility index (Phi) is 4.79. The maximum atomic E-state index is 6.26. The number of hydrogen-bond donors (Lipinski definition) is 1. The highest BCUT2D eigenvalue weighted by molar-refractivity contribution is 7.05. The van der Waals surface area contributed by atoms with E-state index in [1.165, 1.54) is 11.5 Å². The molecule has 3 nitrogen and oxygen atoms in total. The second kappa shape index (κ2) is 6.18. The summed E-state index contributed by atoms with van der Waals surface area (Å²) >= 11 is 13.5. The number of benzene rings is 1. The molecular weight excluding hydrogens is 301 g/mol. The first-order valence-corrected chi connectivity index (χ1v) is 7.53. The van der Waals surface area contributed by atoms with E-state index < -0.39 is 0 Å². The molecule has 2 aromatic rings. The third-order valence-corrected chi connectivity index (χ3v) is 4.35. The van der Waals surface area contributed by atoms with Crippen LogP contribution in [0.25, 0.3) is 0 Å². The first kappa shape index (κ1) is 14.7. The van der Waals surface area contributed by atoms with E-state index in [2.05, 4.69) is 23.4 Å². The molecule has 0 saturated heterocycles. The van der Waals surface area contributed by atoms with Gasteiger partial charge in [-0.2, -0.15) is 0 Å². The second-order valence-corrected chi connectivity index (χ2v) is 6.35. The van der Waals surface area contributed by atoms with Gasteiger partial charge in [0.25, 0.3) is 0 Å². The van der Waals surface area contributed by atoms with E-state index in [4.69, 9.17) is 28.9 Å². The molecule has 1 aromatic carbocycles. The first-order chi connectivity index (χ1) is 8.99. The summed E-state index contributed by atoms with van der Waals surface area (Å²) < 4.78 is 4.00. The molecule has 1 unspecified atom stereocenters. The van der Waals surface area contributed by atoms with Gasteiger partial charge in [0.2, 0.25) is 0 Å². The smallest absolute Gasteiger partial charge is 0.0829 e. The number of rotatable bonds is 4. The van der Waals surface area contributed by atoms with Crippen molar-refractivity contribution in [1.82, 2.24) is 9.59 Å². The van der Waals surface area contributed by atoms with Crippen LogP contribution in [0.2, 0.25) is 10.0 Å². The lowest BCUT2D eigenvalue weighted by molar-refractivity contribution is 0.701. The van der Waals surface area contributed by atoms with Crippen molar-refractivity contribution >= 4 is 34.7 Å². The normalized spacial score (nSPS) is 12.9. The molecule has 0 aliphatic rings. The summed E-state index contributed by atoms with van der Waals surface area (Å²) in [7, 11) is 0. The number of nitrogens with zero attached hydrogens (tertiary/aromatic N) is 2. The van der Waals surface area contributed by atoms with Gasteiger partial charge in [0.1, 0.15) is 0 Å². The minimum Gasteiger partial charge on any atom is -0.323 e. The SMILES string of the molecule is CC(C)c1nnsc1C(N)Cc1cc(Cl)ccc1Cl. The summed E-state index contributed by atoms with van der Waals surface area (Å²) in [6.07, 6.45) is 0.628. The van der Waals surface area contributed by atoms with Gasteiger partial charge in [-0.25, -0.2) is 0 Å². The maximum Gasteiger partial charge on any atom is 0.0829 e. The Morgan fingerprint density at radius 3 is 2.74 bits per heavy atom. The van der Waals surface area contributed by atoms with Gasteiger partial charge < -0.3 is 5.73 Å². The molecule has 0 amide bonds. The largest absolute Gasteiger partial charge is 0.323 e. The molecule has 0 saturated carbocycles. The van der Waals surface area contributed by atoms with E-state index in [0.717, 1.165) is 16.1 Å². The molecule has 0 aliphatic heterocycles. The molecule has 1 atom stereocenters. The van der Waals surface area contributed by atoms with Crippen LogP contribution >= 0.6 is 34.7 Å². The predicted molar refractivity (Wildman–Crippen MR) is 81.1 cm³/mol. The summed E-state index contributed by atoms with van der Waals surface area (Å²) in [6.45, 7) is 4.17. The van der Waals surface area contributed by atoms with Crippen LogP contribution in [0.1, 0.15) is 41.9 Å². The van der Waals surface area contributed by atoms with Gasteiger partial charge in [-0.15, -0.1) is 5.10 Å². The van der Waals surface area contributed by atoms with Gasteiger partial charge in [0.15, 0.2) is 0 Å². The van der Waals surface area contributed by atoms with Crippen molar-refractivity contribution in [3.05, 3.63) is 44.4 Å². The Labute approximate surface area is 126 Å². The van der Waals surface area contributed by atoms with Crippen molar-refractivity contribution in [2.75, 3.05) is 0 Å². The predicted octanol–water partition coefficient (Wildman–Crippen LogP) is 4.21. The van der Waals surface area contributed by atoms with E-state index in [0.29, 0.717) is 22.4 Å². The summed E-state index contributed by atoms with van der Waals surface area (Å²) in [6, 6.07) is 5.26. The highest BCUT2D eigenvalue weighted by Crippen LogP contribution is 2.29. The molecule has 1 heterocycles. The molecule has 2 N–H and O–H groups in total. The quantitative estimate of drug-likeness (QED) is 0.919. The van der Waals surface area contributed by atoms with Crippen LogP contribution in [0.4, 0.5) is 0 Å². The van der Waals surface area contributed by atoms with Crippen molar-refractivity contribution in [3.8, 4) is 0 Å². The van der Waals surface area contributed by atoms with E-state index in [1.54, 1.807) is 12.1 Å². The number of hydrogen-bond acceptors (Lipinski definition) is 4. The third kappa shape index (κ3) is 3.45. The molecule has 6 heteroatoms. The van der Waals surface area contributed by atoms with Gasteiger partial charge in [-0.05, 0) is 47.6 Å². The van der Waals surface area contributed by atoms with Gasteiger partial charge in [0, 0.05) is 16.1 Å². The van der Waals surface area contributed by atoms with Crippen LogP contribution in [0.15, 0.2) is 18.2 Å². The topological polar surface area (TPSA) is 51.8 Å². The fraction of sp³-hybridized carbons (Fsp3) is 0.385. The monoisotopic (exact) mass is 315 g/mol. The van der Waals surface area contributed by atoms with Crippen LogP contribution in [-0.2, 0) is 6.42 Å². The van der Waals surface area contributed by atoms with E-state index >= 15 is 0 Å². The molecule has 0 radical (unpaired) electrons. The van der Waals surface area contributed by atoms with Gasteiger partial charge >= 0.3 is 0 Å². The molecule has 102 valence electrons. The van der Waals surface area contributed by atoms with Crippen LogP contribution < -0.4 is 5.73 Å². The molecule has 19 heavy (non-hydrogen) atoms. The van der Waals surface area contributed by atoms with Gasteiger partial charge in [-0.1, -0.05) is 41.5 Å². The van der Waals surface area contributed by atoms with E-state index in [1.807, 2.05) is 6.07 Å². The molecule has 0 aliphatic carbocycles. The number of halogens is 2. The fourth-order valence-corrected chi connectivity index (χ4v) is 3.09. The van der Waals surface area contributed by atoms with Crippen molar-refractivity contribution in [3.63, 3.8) is 0 Å². The van der Waals surface area contributed by atoms with E-state index in [9.17, 15) is 0 Å². The van der Waals surface area contributed by atoms with Crippen LogP contribution in [0.3, 0.4) is 0 Å². The average molecular weight is 316 g/mol. The standard InChI is InChI=1S/C13H15Cl2N3S/c1-7(2)12-13(19-18-17-12)11(16)6-8-5-9(14)3-4-10(8)15/h3-5,7,11H,6,16H2,1-2H3. The minimum atomic E-state index is -0.159. The molecular formula is C13H15Cl2N3S. The fourth-order valence-electron chi connectivity index (χ4n) is 1.89. The highest BCUT2D eigenvalue weighted by atomic mass is 35.5. The van der Waals surface area contributed by atoms with Crippen molar-refractivity contribution in [1.29, 1.82) is 0 Å². The minimum absolute atomic E-state index is 0.159. The first-order valence-electron chi connectivity index (χ1n) is 6.00. The Morgan fingerprint density at radius 1 is 1.32 bits per heavy atom. The van der Waals surface area contributed by atoms with Crippen LogP contribution in [0, 0.1) is 0 Å². The lowest BCUT2D eigenvalue weighted by Crippen LogP contribution is -2.14. The van der Waals surface area contributed by atoms with Crippen LogP contribution in [-0.4, -0.2) is 9.59 Å². The summed E-state index contributed by atoms with van der Waals surface area (Å²) in [5.41, 5.74) is 8.17. The van der Waals surface area contributed by atoms with Gasteiger partial charge in [-0.3, -0.25) is 0 Å². The number of aromatic nitrogens is 2. The zero-order chi connectivity index (χ0) is 14.0. The maximum absolute atomic E-state index is 6.26. The number of nitrogens with two attached hydrogens (primary N) is 1. The Balaban J connectivity index is 2.23. The molecule has 1 aromatic heterocycles. The van der Waals surface area contributed by atoms with Gasteiger partial charge in [0.05, 0.1) is 10.6 Å². The molecule has 2 rings (SSSR count). The molecule has 0 bridgehead atoms. The average Bonchev–Trinajstić information content (AvgIpc) is 2.83. The highest BCUT2D eigenvalue weighted by Gasteiger charge is 2.19. The third-order valence-electron chi connectivity index (χ3n) is 2.87. The van der Waals surface area contributed by atoms with Crippen LogP contribution in [0.5, 0.6) is 0 Å².